The summed E-state index contributed by atoms with van der Waals surface area (Å²) in [5.74, 6) is 0.971. The van der Waals surface area contributed by atoms with Gasteiger partial charge in [-0.25, -0.2) is 4.98 Å². The number of aromatic amines is 1. The zero-order chi connectivity index (χ0) is 16.4. The van der Waals surface area contributed by atoms with Crippen molar-refractivity contribution in [3.8, 4) is 11.4 Å². The van der Waals surface area contributed by atoms with E-state index in [1.807, 2.05) is 12.1 Å². The highest BCUT2D eigenvalue weighted by Gasteiger charge is 2.17. The molecule has 0 aliphatic carbocycles. The van der Waals surface area contributed by atoms with Gasteiger partial charge >= 0.3 is 0 Å². The Bertz CT molecular complexity index is 782. The summed E-state index contributed by atoms with van der Waals surface area (Å²) in [6.07, 6.45) is 0. The predicted molar refractivity (Wildman–Crippen MR) is 98.9 cm³/mol. The lowest BCUT2D eigenvalue weighted by atomic mass is 10.1. The molecule has 2 aromatic carbocycles. The molecule has 1 aliphatic heterocycles. The molecule has 0 amide bonds. The van der Waals surface area contributed by atoms with Crippen LogP contribution in [0.15, 0.2) is 48.5 Å². The van der Waals surface area contributed by atoms with E-state index in [2.05, 4.69) is 58.1 Å². The van der Waals surface area contributed by atoms with Crippen molar-refractivity contribution in [2.75, 3.05) is 32.7 Å². The number of fused-ring (bicyclic) bond motifs is 1. The van der Waals surface area contributed by atoms with Crippen LogP contribution in [0.1, 0.15) is 12.5 Å². The van der Waals surface area contributed by atoms with Gasteiger partial charge in [0.1, 0.15) is 5.82 Å². The van der Waals surface area contributed by atoms with Crippen molar-refractivity contribution in [3.63, 3.8) is 0 Å². The van der Waals surface area contributed by atoms with Gasteiger partial charge in [0.15, 0.2) is 0 Å². The van der Waals surface area contributed by atoms with Gasteiger partial charge in [0.2, 0.25) is 0 Å². The van der Waals surface area contributed by atoms with Gasteiger partial charge in [0.25, 0.3) is 0 Å². The van der Waals surface area contributed by atoms with Crippen molar-refractivity contribution < 1.29 is 0 Å². The fourth-order valence-electron chi connectivity index (χ4n) is 3.47. The van der Waals surface area contributed by atoms with Crippen LogP contribution in [0.2, 0.25) is 0 Å². The lowest BCUT2D eigenvalue weighted by Crippen LogP contribution is -2.45. The molecule has 4 rings (SSSR count). The summed E-state index contributed by atoms with van der Waals surface area (Å²) in [4.78, 5) is 13.3. The Hall–Kier alpha value is -2.17. The summed E-state index contributed by atoms with van der Waals surface area (Å²) in [5.41, 5.74) is 4.69. The van der Waals surface area contributed by atoms with Crippen LogP contribution in [0.4, 0.5) is 0 Å². The molecule has 0 unspecified atom stereocenters. The van der Waals surface area contributed by atoms with Crippen LogP contribution >= 0.6 is 0 Å². The molecular formula is C20H24N4. The average Bonchev–Trinajstić information content (AvgIpc) is 3.07. The number of hydrogen-bond acceptors (Lipinski definition) is 3. The number of likely N-dealkylation sites (N-methyl/N-ethyl adjacent to an activating group) is 1. The van der Waals surface area contributed by atoms with Crippen molar-refractivity contribution >= 4 is 11.0 Å². The highest BCUT2D eigenvalue weighted by Crippen LogP contribution is 2.25. The van der Waals surface area contributed by atoms with Crippen LogP contribution < -0.4 is 0 Å². The summed E-state index contributed by atoms with van der Waals surface area (Å²) in [5, 5.41) is 0. The van der Waals surface area contributed by atoms with Crippen LogP contribution in [-0.2, 0) is 6.54 Å². The minimum atomic E-state index is 0.971. The van der Waals surface area contributed by atoms with E-state index in [0.29, 0.717) is 0 Å². The number of benzene rings is 2. The lowest BCUT2D eigenvalue weighted by molar-refractivity contribution is 0.132. The van der Waals surface area contributed by atoms with Crippen molar-refractivity contribution in [1.82, 2.24) is 19.8 Å². The number of para-hydroxylation sites is 2. The molecule has 1 fully saturated rings. The fraction of sp³-hybridized carbons (Fsp3) is 0.350. The van der Waals surface area contributed by atoms with Crippen LogP contribution in [-0.4, -0.2) is 52.5 Å². The second kappa shape index (κ2) is 6.75. The zero-order valence-corrected chi connectivity index (χ0v) is 14.2. The Morgan fingerprint density at radius 1 is 0.917 bits per heavy atom. The Morgan fingerprint density at radius 3 is 2.42 bits per heavy atom. The molecule has 4 nitrogen and oxygen atoms in total. The number of rotatable bonds is 4. The third-order valence-corrected chi connectivity index (χ3v) is 4.97. The number of nitrogens with zero attached hydrogens (tertiary/aromatic N) is 3. The van der Waals surface area contributed by atoms with E-state index in [9.17, 15) is 0 Å². The molecule has 1 saturated heterocycles. The first kappa shape index (κ1) is 15.4. The van der Waals surface area contributed by atoms with E-state index in [-0.39, 0.29) is 0 Å². The number of nitrogens with one attached hydrogen (secondary N) is 1. The minimum absolute atomic E-state index is 0.971. The summed E-state index contributed by atoms with van der Waals surface area (Å²) in [6, 6.07) is 16.9. The Kier molecular flexibility index (Phi) is 4.32. The van der Waals surface area contributed by atoms with E-state index in [4.69, 9.17) is 4.98 Å². The standard InChI is InChI=1S/C20H24N4/c1-2-23-11-13-24(14-12-23)15-16-7-3-4-8-17(16)20-21-18-9-5-6-10-19(18)22-20/h3-10H,2,11-15H2,1H3,(H,21,22). The molecular weight excluding hydrogens is 296 g/mol. The van der Waals surface area contributed by atoms with E-state index >= 15 is 0 Å². The highest BCUT2D eigenvalue weighted by molar-refractivity contribution is 5.79. The first-order valence-corrected chi connectivity index (χ1v) is 8.81. The Labute approximate surface area is 143 Å². The van der Waals surface area contributed by atoms with Crippen molar-refractivity contribution in [1.29, 1.82) is 0 Å². The molecule has 24 heavy (non-hydrogen) atoms. The summed E-state index contributed by atoms with van der Waals surface area (Å²) in [6.45, 7) is 9.01. The molecule has 2 heterocycles. The number of piperazine rings is 1. The highest BCUT2D eigenvalue weighted by atomic mass is 15.3. The SMILES string of the molecule is CCN1CCN(Cc2ccccc2-c2nc3ccccc3[nH]2)CC1. The van der Waals surface area contributed by atoms with E-state index in [0.717, 1.165) is 43.0 Å². The maximum atomic E-state index is 4.78. The van der Waals surface area contributed by atoms with Gasteiger partial charge < -0.3 is 9.88 Å². The predicted octanol–water partition coefficient (Wildman–Crippen LogP) is 3.37. The lowest BCUT2D eigenvalue weighted by Gasteiger charge is -2.34. The summed E-state index contributed by atoms with van der Waals surface area (Å²) >= 11 is 0. The third-order valence-electron chi connectivity index (χ3n) is 4.97. The van der Waals surface area contributed by atoms with Gasteiger partial charge in [0, 0.05) is 38.3 Å². The average molecular weight is 320 g/mol. The van der Waals surface area contributed by atoms with Crippen LogP contribution in [0.3, 0.4) is 0 Å². The molecule has 0 radical (unpaired) electrons. The van der Waals surface area contributed by atoms with E-state index < -0.39 is 0 Å². The van der Waals surface area contributed by atoms with Crippen LogP contribution in [0.25, 0.3) is 22.4 Å². The largest absolute Gasteiger partial charge is 0.338 e. The second-order valence-corrected chi connectivity index (χ2v) is 6.47. The first-order chi connectivity index (χ1) is 11.8. The van der Waals surface area contributed by atoms with Crippen LogP contribution in [0.5, 0.6) is 0 Å². The van der Waals surface area contributed by atoms with Crippen LogP contribution in [0, 0.1) is 0 Å². The van der Waals surface area contributed by atoms with Crippen molar-refractivity contribution in [3.05, 3.63) is 54.1 Å². The number of imidazole rings is 1. The molecule has 0 saturated carbocycles. The third kappa shape index (κ3) is 3.07. The molecule has 1 N–H and O–H groups in total. The first-order valence-electron chi connectivity index (χ1n) is 8.81. The summed E-state index contributed by atoms with van der Waals surface area (Å²) < 4.78 is 0. The summed E-state index contributed by atoms with van der Waals surface area (Å²) in [7, 11) is 0. The zero-order valence-electron chi connectivity index (χ0n) is 14.2. The molecule has 1 aromatic heterocycles. The van der Waals surface area contributed by atoms with E-state index in [1.165, 1.54) is 24.2 Å². The van der Waals surface area contributed by atoms with E-state index in [1.54, 1.807) is 0 Å². The Morgan fingerprint density at radius 2 is 1.62 bits per heavy atom. The number of H-pyrrole nitrogens is 1. The molecule has 0 spiro atoms. The monoisotopic (exact) mass is 320 g/mol. The van der Waals surface area contributed by atoms with Gasteiger partial charge in [-0.1, -0.05) is 43.3 Å². The maximum Gasteiger partial charge on any atom is 0.138 e. The normalized spacial score (nSPS) is 16.7. The minimum Gasteiger partial charge on any atom is -0.338 e. The molecule has 124 valence electrons. The quantitative estimate of drug-likeness (QED) is 0.800. The number of hydrogen-bond donors (Lipinski definition) is 1. The molecule has 0 bridgehead atoms. The topological polar surface area (TPSA) is 35.2 Å². The molecule has 3 aromatic rings. The van der Waals surface area contributed by atoms with Crippen molar-refractivity contribution in [2.45, 2.75) is 13.5 Å². The maximum absolute atomic E-state index is 4.78. The van der Waals surface area contributed by atoms with Gasteiger partial charge in [-0.15, -0.1) is 0 Å². The van der Waals surface area contributed by atoms with Gasteiger partial charge in [-0.3, -0.25) is 4.90 Å². The van der Waals surface area contributed by atoms with Crippen molar-refractivity contribution in [2.24, 2.45) is 0 Å². The molecule has 4 heteroatoms. The van der Waals surface area contributed by atoms with Gasteiger partial charge in [-0.2, -0.15) is 0 Å². The molecule has 0 atom stereocenters. The smallest absolute Gasteiger partial charge is 0.138 e. The second-order valence-electron chi connectivity index (χ2n) is 6.47. The fourth-order valence-corrected chi connectivity index (χ4v) is 3.47. The Balaban J connectivity index is 1.59. The van der Waals surface area contributed by atoms with Gasteiger partial charge in [0.05, 0.1) is 11.0 Å². The molecule has 1 aliphatic rings. The number of aromatic nitrogens is 2. The van der Waals surface area contributed by atoms with Gasteiger partial charge in [-0.05, 0) is 24.2 Å².